The van der Waals surface area contributed by atoms with E-state index in [4.69, 9.17) is 0 Å². The highest BCUT2D eigenvalue weighted by Crippen LogP contribution is 2.24. The van der Waals surface area contributed by atoms with Crippen molar-refractivity contribution in [3.8, 4) is 0 Å². The van der Waals surface area contributed by atoms with Crippen LogP contribution in [0.5, 0.6) is 0 Å². The number of para-hydroxylation sites is 1. The maximum atomic E-state index is 13.3. The Morgan fingerprint density at radius 3 is 2.20 bits per heavy atom. The number of amides is 2. The zero-order chi connectivity index (χ0) is 22.3. The minimum atomic E-state index is -3.72. The number of carbonyl (C=O) groups excluding carboxylic acids is 2. The van der Waals surface area contributed by atoms with Gasteiger partial charge in [0, 0.05) is 13.6 Å². The summed E-state index contributed by atoms with van der Waals surface area (Å²) in [5, 5.41) is 2.55. The third-order valence-electron chi connectivity index (χ3n) is 4.93. The lowest BCUT2D eigenvalue weighted by Gasteiger charge is -2.31. The van der Waals surface area contributed by atoms with Gasteiger partial charge in [0.1, 0.15) is 12.6 Å². The van der Waals surface area contributed by atoms with Gasteiger partial charge in [0.2, 0.25) is 21.8 Å². The van der Waals surface area contributed by atoms with Crippen molar-refractivity contribution < 1.29 is 18.0 Å². The van der Waals surface area contributed by atoms with Gasteiger partial charge in [0.05, 0.1) is 11.9 Å². The van der Waals surface area contributed by atoms with Gasteiger partial charge in [-0.3, -0.25) is 13.9 Å². The Bertz CT molecular complexity index is 977. The average Bonchev–Trinajstić information content (AvgIpc) is 2.74. The first-order valence-electron chi connectivity index (χ1n) is 9.79. The van der Waals surface area contributed by atoms with Crippen molar-refractivity contribution in [2.75, 3.05) is 24.2 Å². The monoisotopic (exact) mass is 431 g/mol. The Kier molecular flexibility index (Phi) is 8.00. The normalized spacial score (nSPS) is 12.1. The lowest BCUT2D eigenvalue weighted by atomic mass is 10.1. The van der Waals surface area contributed by atoms with Crippen LogP contribution in [0.4, 0.5) is 5.69 Å². The summed E-state index contributed by atoms with van der Waals surface area (Å²) >= 11 is 0. The number of benzene rings is 2. The summed E-state index contributed by atoms with van der Waals surface area (Å²) in [6.07, 6.45) is 1.70. The molecule has 0 fully saturated rings. The second-order valence-corrected chi connectivity index (χ2v) is 8.96. The second kappa shape index (κ2) is 10.2. The van der Waals surface area contributed by atoms with Crippen molar-refractivity contribution in [3.63, 3.8) is 0 Å². The van der Waals surface area contributed by atoms with Crippen LogP contribution in [0, 0.1) is 0 Å². The number of aryl methyl sites for hydroxylation is 1. The smallest absolute Gasteiger partial charge is 0.244 e. The van der Waals surface area contributed by atoms with Crippen LogP contribution in [0.15, 0.2) is 54.6 Å². The van der Waals surface area contributed by atoms with E-state index in [1.165, 1.54) is 11.9 Å². The number of rotatable bonds is 9. The predicted octanol–water partition coefficient (Wildman–Crippen LogP) is 2.18. The highest BCUT2D eigenvalue weighted by molar-refractivity contribution is 7.92. The fourth-order valence-electron chi connectivity index (χ4n) is 3.22. The molecule has 30 heavy (non-hydrogen) atoms. The maximum Gasteiger partial charge on any atom is 0.244 e. The molecule has 0 aliphatic heterocycles. The molecule has 0 bridgehead atoms. The molecular weight excluding hydrogens is 402 g/mol. The van der Waals surface area contributed by atoms with Crippen molar-refractivity contribution in [1.29, 1.82) is 0 Å². The number of hydrogen-bond acceptors (Lipinski definition) is 4. The van der Waals surface area contributed by atoms with E-state index in [9.17, 15) is 18.0 Å². The van der Waals surface area contributed by atoms with Crippen LogP contribution in [0.1, 0.15) is 25.0 Å². The van der Waals surface area contributed by atoms with Crippen molar-refractivity contribution in [1.82, 2.24) is 10.2 Å². The maximum absolute atomic E-state index is 13.3. The molecule has 2 aromatic carbocycles. The standard InChI is InChI=1S/C22H29N3O4S/c1-5-19-13-9-10-14-20(19)25(30(4,28)29)16-21(26)24(17(2)22(27)23-3)15-18-11-7-6-8-12-18/h6-14,17H,5,15-16H2,1-4H3,(H,23,27). The van der Waals surface area contributed by atoms with Gasteiger partial charge in [0.15, 0.2) is 0 Å². The lowest BCUT2D eigenvalue weighted by molar-refractivity contribution is -0.139. The molecule has 0 aliphatic rings. The van der Waals surface area contributed by atoms with Gasteiger partial charge in [-0.1, -0.05) is 55.5 Å². The summed E-state index contributed by atoms with van der Waals surface area (Å²) < 4.78 is 26.2. The molecule has 8 heteroatoms. The largest absolute Gasteiger partial charge is 0.357 e. The molecule has 1 atom stereocenters. The van der Waals surface area contributed by atoms with E-state index in [-0.39, 0.29) is 19.0 Å². The third kappa shape index (κ3) is 5.82. The Morgan fingerprint density at radius 1 is 1.03 bits per heavy atom. The van der Waals surface area contributed by atoms with Gasteiger partial charge in [0.25, 0.3) is 0 Å². The highest BCUT2D eigenvalue weighted by atomic mass is 32.2. The highest BCUT2D eigenvalue weighted by Gasteiger charge is 2.30. The van der Waals surface area contributed by atoms with Gasteiger partial charge in [-0.2, -0.15) is 0 Å². The van der Waals surface area contributed by atoms with E-state index in [1.807, 2.05) is 49.4 Å². The third-order valence-corrected chi connectivity index (χ3v) is 6.06. The molecule has 0 radical (unpaired) electrons. The summed E-state index contributed by atoms with van der Waals surface area (Å²) in [4.78, 5) is 26.9. The quantitative estimate of drug-likeness (QED) is 0.659. The van der Waals surface area contributed by atoms with Crippen molar-refractivity contribution in [2.24, 2.45) is 0 Å². The van der Waals surface area contributed by atoms with E-state index in [0.717, 1.165) is 21.7 Å². The molecule has 1 N–H and O–H groups in total. The number of likely N-dealkylation sites (N-methyl/N-ethyl adjacent to an activating group) is 1. The molecule has 1 unspecified atom stereocenters. The molecule has 2 rings (SSSR count). The molecule has 0 heterocycles. The van der Waals surface area contributed by atoms with Gasteiger partial charge in [-0.15, -0.1) is 0 Å². The summed E-state index contributed by atoms with van der Waals surface area (Å²) in [6, 6.07) is 15.6. The fourth-order valence-corrected chi connectivity index (χ4v) is 4.10. The van der Waals surface area contributed by atoms with Crippen LogP contribution >= 0.6 is 0 Å². The Labute approximate surface area is 178 Å². The molecule has 7 nitrogen and oxygen atoms in total. The van der Waals surface area contributed by atoms with E-state index >= 15 is 0 Å². The molecule has 162 valence electrons. The number of nitrogens with one attached hydrogen (secondary N) is 1. The minimum Gasteiger partial charge on any atom is -0.357 e. The predicted molar refractivity (Wildman–Crippen MR) is 119 cm³/mol. The second-order valence-electron chi connectivity index (χ2n) is 7.05. The molecule has 0 saturated carbocycles. The van der Waals surface area contributed by atoms with Crippen LogP contribution in [0.3, 0.4) is 0 Å². The van der Waals surface area contributed by atoms with E-state index in [2.05, 4.69) is 5.32 Å². The SMILES string of the molecule is CCc1ccccc1N(CC(=O)N(Cc1ccccc1)C(C)C(=O)NC)S(C)(=O)=O. The number of hydrogen-bond donors (Lipinski definition) is 1. The van der Waals surface area contributed by atoms with Crippen LogP contribution in [0.2, 0.25) is 0 Å². The first kappa shape index (κ1) is 23.4. The fraction of sp³-hybridized carbons (Fsp3) is 0.364. The molecule has 0 aliphatic carbocycles. The van der Waals surface area contributed by atoms with Gasteiger partial charge in [-0.05, 0) is 30.5 Å². The zero-order valence-corrected chi connectivity index (χ0v) is 18.6. The van der Waals surface area contributed by atoms with Gasteiger partial charge >= 0.3 is 0 Å². The Balaban J connectivity index is 2.40. The lowest BCUT2D eigenvalue weighted by Crippen LogP contribution is -2.50. The Hall–Kier alpha value is -2.87. The summed E-state index contributed by atoms with van der Waals surface area (Å²) in [5.74, 6) is -0.773. The van der Waals surface area contributed by atoms with E-state index in [1.54, 1.807) is 19.1 Å². The average molecular weight is 432 g/mol. The summed E-state index contributed by atoms with van der Waals surface area (Å²) in [7, 11) is -2.21. The molecule has 0 aromatic heterocycles. The molecule has 0 saturated heterocycles. The zero-order valence-electron chi connectivity index (χ0n) is 17.8. The number of carbonyl (C=O) groups is 2. The van der Waals surface area contributed by atoms with Crippen LogP contribution in [-0.4, -0.2) is 51.0 Å². The Morgan fingerprint density at radius 2 is 1.63 bits per heavy atom. The van der Waals surface area contributed by atoms with Crippen LogP contribution in [-0.2, 0) is 32.6 Å². The van der Waals surface area contributed by atoms with E-state index in [0.29, 0.717) is 12.1 Å². The van der Waals surface area contributed by atoms with Gasteiger partial charge < -0.3 is 10.2 Å². The first-order valence-corrected chi connectivity index (χ1v) is 11.6. The molecule has 2 aromatic rings. The first-order chi connectivity index (χ1) is 14.2. The van der Waals surface area contributed by atoms with Gasteiger partial charge in [-0.25, -0.2) is 8.42 Å². The number of sulfonamides is 1. The topological polar surface area (TPSA) is 86.8 Å². The minimum absolute atomic E-state index is 0.196. The summed E-state index contributed by atoms with van der Waals surface area (Å²) in [6.45, 7) is 3.37. The van der Waals surface area contributed by atoms with Crippen LogP contribution in [0.25, 0.3) is 0 Å². The van der Waals surface area contributed by atoms with Crippen molar-refractivity contribution in [2.45, 2.75) is 32.9 Å². The molecule has 0 spiro atoms. The number of nitrogens with zero attached hydrogens (tertiary/aromatic N) is 2. The summed E-state index contributed by atoms with van der Waals surface area (Å²) in [5.41, 5.74) is 2.15. The molecule has 2 amide bonds. The molecular formula is C22H29N3O4S. The van der Waals surface area contributed by atoms with Crippen molar-refractivity contribution in [3.05, 3.63) is 65.7 Å². The number of anilines is 1. The van der Waals surface area contributed by atoms with E-state index < -0.39 is 22.0 Å². The van der Waals surface area contributed by atoms with Crippen molar-refractivity contribution >= 4 is 27.5 Å². The van der Waals surface area contributed by atoms with Crippen LogP contribution < -0.4 is 9.62 Å².